The summed E-state index contributed by atoms with van der Waals surface area (Å²) in [6.07, 6.45) is 11.6. The fraction of sp³-hybridized carbons (Fsp3) is 0.533. The number of aryl methyl sites for hydroxylation is 1. The third-order valence-corrected chi connectivity index (χ3v) is 4.03. The lowest BCUT2D eigenvalue weighted by Crippen LogP contribution is -2.43. The van der Waals surface area contributed by atoms with Crippen LogP contribution in [0.2, 0.25) is 0 Å². The number of pyridine rings is 1. The van der Waals surface area contributed by atoms with Crippen molar-refractivity contribution in [1.82, 2.24) is 10.3 Å². The zero-order chi connectivity index (χ0) is 11.7. The van der Waals surface area contributed by atoms with Crippen molar-refractivity contribution in [3.05, 3.63) is 35.7 Å². The van der Waals surface area contributed by atoms with Gasteiger partial charge in [0.25, 0.3) is 0 Å². The summed E-state index contributed by atoms with van der Waals surface area (Å²) in [7, 11) is 0. The van der Waals surface area contributed by atoms with Crippen molar-refractivity contribution in [2.45, 2.75) is 38.6 Å². The van der Waals surface area contributed by atoms with E-state index in [1.54, 1.807) is 0 Å². The van der Waals surface area contributed by atoms with Crippen molar-refractivity contribution in [2.75, 3.05) is 6.54 Å². The molecule has 2 aliphatic rings. The summed E-state index contributed by atoms with van der Waals surface area (Å²) >= 11 is 0. The topological polar surface area (TPSA) is 24.9 Å². The van der Waals surface area contributed by atoms with Gasteiger partial charge in [-0.15, -0.1) is 0 Å². The first-order chi connectivity index (χ1) is 8.34. The minimum absolute atomic E-state index is 0.570. The first-order valence-electron chi connectivity index (χ1n) is 6.70. The molecule has 2 heterocycles. The number of allylic oxidation sites excluding steroid dienone is 1. The highest BCUT2D eigenvalue weighted by atomic mass is 14.9. The van der Waals surface area contributed by atoms with Gasteiger partial charge in [0.15, 0.2) is 0 Å². The number of rotatable bonds is 1. The lowest BCUT2D eigenvalue weighted by molar-refractivity contribution is 0.304. The molecule has 0 aromatic carbocycles. The molecule has 0 amide bonds. The van der Waals surface area contributed by atoms with Crippen LogP contribution >= 0.6 is 0 Å². The van der Waals surface area contributed by atoms with Crippen molar-refractivity contribution in [3.63, 3.8) is 0 Å². The zero-order valence-corrected chi connectivity index (χ0v) is 10.4. The maximum Gasteiger partial charge on any atom is 0.0352 e. The van der Waals surface area contributed by atoms with Gasteiger partial charge in [0.1, 0.15) is 0 Å². The van der Waals surface area contributed by atoms with E-state index in [-0.39, 0.29) is 0 Å². The third kappa shape index (κ3) is 2.14. The molecule has 90 valence electrons. The van der Waals surface area contributed by atoms with Crippen LogP contribution < -0.4 is 5.32 Å². The molecular weight excluding hydrogens is 208 g/mol. The Bertz CT molecular complexity index is 436. The maximum atomic E-state index is 4.33. The predicted octanol–water partition coefficient (Wildman–Crippen LogP) is 2.94. The second-order valence-corrected chi connectivity index (χ2v) is 5.32. The summed E-state index contributed by atoms with van der Waals surface area (Å²) in [4.78, 5) is 4.33. The van der Waals surface area contributed by atoms with Gasteiger partial charge >= 0.3 is 0 Å². The highest BCUT2D eigenvalue weighted by Gasteiger charge is 2.30. The van der Waals surface area contributed by atoms with Crippen molar-refractivity contribution < 1.29 is 0 Å². The highest BCUT2D eigenvalue weighted by molar-refractivity contribution is 5.70. The Kier molecular flexibility index (Phi) is 2.98. The Labute approximate surface area is 103 Å². The minimum atomic E-state index is 0.570. The molecule has 2 nitrogen and oxygen atoms in total. The van der Waals surface area contributed by atoms with Crippen LogP contribution in [0.15, 0.2) is 24.5 Å². The fourth-order valence-electron chi connectivity index (χ4n) is 3.22. The van der Waals surface area contributed by atoms with Crippen LogP contribution in [0, 0.1) is 12.8 Å². The van der Waals surface area contributed by atoms with Crippen molar-refractivity contribution >= 4 is 5.57 Å². The molecule has 0 saturated carbocycles. The molecule has 2 heteroatoms. The molecule has 1 aromatic heterocycles. The lowest BCUT2D eigenvalue weighted by atomic mass is 9.77. The van der Waals surface area contributed by atoms with Gasteiger partial charge in [-0.1, -0.05) is 6.08 Å². The molecule has 1 saturated heterocycles. The molecule has 0 bridgehead atoms. The number of hydrogen-bond donors (Lipinski definition) is 1. The van der Waals surface area contributed by atoms with Crippen molar-refractivity contribution in [3.8, 4) is 0 Å². The van der Waals surface area contributed by atoms with Gasteiger partial charge in [-0.2, -0.15) is 0 Å². The number of nitrogens with one attached hydrogen (secondary N) is 1. The molecule has 0 radical (unpaired) electrons. The highest BCUT2D eigenvalue weighted by Crippen LogP contribution is 2.35. The summed E-state index contributed by atoms with van der Waals surface area (Å²) < 4.78 is 0. The van der Waals surface area contributed by atoms with Gasteiger partial charge < -0.3 is 5.32 Å². The van der Waals surface area contributed by atoms with E-state index in [9.17, 15) is 0 Å². The van der Waals surface area contributed by atoms with Crippen LogP contribution in [0.3, 0.4) is 0 Å². The average Bonchev–Trinajstić information content (AvgIpc) is 2.38. The van der Waals surface area contributed by atoms with E-state index in [2.05, 4.69) is 29.4 Å². The number of aromatic nitrogens is 1. The normalized spacial score (nSPS) is 28.4. The minimum Gasteiger partial charge on any atom is -0.310 e. The standard InChI is InChI=1S/C15H20N2/c1-11-8-13(10-16-9-11)14-6-2-4-12-5-3-7-17-15(12)14/h6,8-10,12,15,17H,2-5,7H2,1H3/t12-,15+/m1/s1. The molecule has 1 aliphatic carbocycles. The van der Waals surface area contributed by atoms with Crippen LogP contribution in [-0.2, 0) is 0 Å². The number of fused-ring (bicyclic) bond motifs is 1. The average molecular weight is 228 g/mol. The first kappa shape index (κ1) is 11.0. The van der Waals surface area contributed by atoms with E-state index in [4.69, 9.17) is 0 Å². The summed E-state index contributed by atoms with van der Waals surface area (Å²) in [5, 5.41) is 3.69. The van der Waals surface area contributed by atoms with E-state index in [0.717, 1.165) is 12.5 Å². The Balaban J connectivity index is 1.93. The van der Waals surface area contributed by atoms with Gasteiger partial charge in [0.05, 0.1) is 0 Å². The Morgan fingerprint density at radius 3 is 3.12 bits per heavy atom. The monoisotopic (exact) mass is 228 g/mol. The van der Waals surface area contributed by atoms with Gasteiger partial charge in [0.2, 0.25) is 0 Å². The smallest absolute Gasteiger partial charge is 0.0352 e. The van der Waals surface area contributed by atoms with Gasteiger partial charge in [-0.25, -0.2) is 0 Å². The van der Waals surface area contributed by atoms with E-state index >= 15 is 0 Å². The zero-order valence-electron chi connectivity index (χ0n) is 10.4. The summed E-state index contributed by atoms with van der Waals surface area (Å²) in [6, 6.07) is 2.83. The summed E-state index contributed by atoms with van der Waals surface area (Å²) in [5.74, 6) is 0.837. The fourth-order valence-corrected chi connectivity index (χ4v) is 3.22. The molecule has 1 aromatic rings. The summed E-state index contributed by atoms with van der Waals surface area (Å²) in [6.45, 7) is 3.28. The molecule has 1 N–H and O–H groups in total. The third-order valence-electron chi connectivity index (χ3n) is 4.03. The van der Waals surface area contributed by atoms with E-state index < -0.39 is 0 Å². The van der Waals surface area contributed by atoms with Crippen LogP contribution in [-0.4, -0.2) is 17.6 Å². The number of piperidine rings is 1. The van der Waals surface area contributed by atoms with Crippen LogP contribution in [0.1, 0.15) is 36.8 Å². The molecule has 1 aliphatic heterocycles. The van der Waals surface area contributed by atoms with Crippen LogP contribution in [0.4, 0.5) is 0 Å². The maximum absolute atomic E-state index is 4.33. The predicted molar refractivity (Wildman–Crippen MR) is 70.7 cm³/mol. The molecule has 0 unspecified atom stereocenters. The molecule has 3 rings (SSSR count). The second kappa shape index (κ2) is 4.61. The molecule has 2 atom stereocenters. The van der Waals surface area contributed by atoms with E-state index in [1.807, 2.05) is 12.4 Å². The lowest BCUT2D eigenvalue weighted by Gasteiger charge is -2.37. The molecule has 17 heavy (non-hydrogen) atoms. The molecule has 1 fully saturated rings. The van der Waals surface area contributed by atoms with E-state index in [1.165, 1.54) is 42.4 Å². The van der Waals surface area contributed by atoms with Crippen molar-refractivity contribution in [1.29, 1.82) is 0 Å². The largest absolute Gasteiger partial charge is 0.310 e. The van der Waals surface area contributed by atoms with E-state index in [0.29, 0.717) is 6.04 Å². The first-order valence-corrected chi connectivity index (χ1v) is 6.70. The van der Waals surface area contributed by atoms with Gasteiger partial charge in [0, 0.05) is 18.4 Å². The van der Waals surface area contributed by atoms with Gasteiger partial charge in [-0.05, 0) is 67.8 Å². The SMILES string of the molecule is Cc1cncc(C2=CCC[C@@H]3CCCN[C@H]23)c1. The number of nitrogens with zero attached hydrogens (tertiary/aromatic N) is 1. The second-order valence-electron chi connectivity index (χ2n) is 5.32. The van der Waals surface area contributed by atoms with Gasteiger partial charge in [-0.3, -0.25) is 4.98 Å². The molecular formula is C15H20N2. The van der Waals surface area contributed by atoms with Crippen molar-refractivity contribution in [2.24, 2.45) is 5.92 Å². The number of hydrogen-bond acceptors (Lipinski definition) is 2. The Morgan fingerprint density at radius 1 is 1.29 bits per heavy atom. The van der Waals surface area contributed by atoms with Crippen LogP contribution in [0.5, 0.6) is 0 Å². The Hall–Kier alpha value is -1.15. The Morgan fingerprint density at radius 2 is 2.24 bits per heavy atom. The summed E-state index contributed by atoms with van der Waals surface area (Å²) in [5.41, 5.74) is 4.05. The molecule has 0 spiro atoms. The van der Waals surface area contributed by atoms with Crippen LogP contribution in [0.25, 0.3) is 5.57 Å². The quantitative estimate of drug-likeness (QED) is 0.799.